The zero-order chi connectivity index (χ0) is 19.4. The SMILES string of the molecule is C#CCN1C(=O)S/C(=C/c2ccc(OCc3ccc(I)cc3)c(I)c2)C1=O. The molecule has 2 amide bonds. The molecular formula is C20H13I2NO3S. The highest BCUT2D eigenvalue weighted by molar-refractivity contribution is 14.1. The lowest BCUT2D eigenvalue weighted by atomic mass is 10.2. The van der Waals surface area contributed by atoms with Gasteiger partial charge in [0, 0.05) is 3.57 Å². The van der Waals surface area contributed by atoms with Crippen LogP contribution < -0.4 is 4.74 Å². The van der Waals surface area contributed by atoms with E-state index in [0.717, 1.165) is 37.1 Å². The van der Waals surface area contributed by atoms with Crippen molar-refractivity contribution in [2.24, 2.45) is 0 Å². The molecule has 1 saturated heterocycles. The predicted molar refractivity (Wildman–Crippen MR) is 124 cm³/mol. The van der Waals surface area contributed by atoms with Gasteiger partial charge in [-0.05, 0) is 98.4 Å². The first-order valence-corrected chi connectivity index (χ1v) is 10.8. The number of carbonyl (C=O) groups excluding carboxylic acids is 2. The van der Waals surface area contributed by atoms with Gasteiger partial charge in [-0.2, -0.15) is 0 Å². The fourth-order valence-corrected chi connectivity index (χ4v) is 4.24. The molecule has 0 aliphatic carbocycles. The minimum Gasteiger partial charge on any atom is -0.488 e. The molecule has 2 aromatic rings. The summed E-state index contributed by atoms with van der Waals surface area (Å²) in [6, 6.07) is 13.8. The Hall–Kier alpha value is -1.51. The number of benzene rings is 2. The van der Waals surface area contributed by atoms with Gasteiger partial charge in [0.25, 0.3) is 11.1 Å². The van der Waals surface area contributed by atoms with Crippen molar-refractivity contribution in [1.82, 2.24) is 4.90 Å². The minimum absolute atomic E-state index is 0.00907. The van der Waals surface area contributed by atoms with Crippen LogP contribution in [0.4, 0.5) is 4.79 Å². The van der Waals surface area contributed by atoms with Gasteiger partial charge < -0.3 is 4.74 Å². The molecule has 0 radical (unpaired) electrons. The molecule has 0 spiro atoms. The Morgan fingerprint density at radius 3 is 2.56 bits per heavy atom. The average molecular weight is 601 g/mol. The second-order valence-electron chi connectivity index (χ2n) is 5.58. The van der Waals surface area contributed by atoms with Gasteiger partial charge >= 0.3 is 0 Å². The van der Waals surface area contributed by atoms with E-state index in [2.05, 4.69) is 51.1 Å². The van der Waals surface area contributed by atoms with E-state index in [1.165, 1.54) is 3.57 Å². The second-order valence-corrected chi connectivity index (χ2v) is 8.98. The van der Waals surface area contributed by atoms with Crippen LogP contribution in [0.5, 0.6) is 5.75 Å². The lowest BCUT2D eigenvalue weighted by Gasteiger charge is -2.09. The molecule has 1 fully saturated rings. The third-order valence-corrected chi connectivity index (χ3v) is 6.15. The Balaban J connectivity index is 1.71. The van der Waals surface area contributed by atoms with E-state index in [1.807, 2.05) is 42.5 Å². The topological polar surface area (TPSA) is 46.6 Å². The van der Waals surface area contributed by atoms with Crippen molar-refractivity contribution in [2.45, 2.75) is 6.61 Å². The molecular weight excluding hydrogens is 588 g/mol. The van der Waals surface area contributed by atoms with Gasteiger partial charge in [0.1, 0.15) is 12.4 Å². The molecule has 4 nitrogen and oxygen atoms in total. The summed E-state index contributed by atoms with van der Waals surface area (Å²) in [6.45, 7) is 0.474. The van der Waals surface area contributed by atoms with E-state index >= 15 is 0 Å². The summed E-state index contributed by atoms with van der Waals surface area (Å²) < 4.78 is 8.00. The molecule has 0 aromatic heterocycles. The minimum atomic E-state index is -0.350. The highest BCUT2D eigenvalue weighted by atomic mass is 127. The van der Waals surface area contributed by atoms with Gasteiger partial charge in [0.2, 0.25) is 0 Å². The van der Waals surface area contributed by atoms with Crippen molar-refractivity contribution < 1.29 is 14.3 Å². The number of halogens is 2. The first-order chi connectivity index (χ1) is 13.0. The van der Waals surface area contributed by atoms with Crippen molar-refractivity contribution in [3.05, 3.63) is 65.6 Å². The van der Waals surface area contributed by atoms with E-state index in [1.54, 1.807) is 6.08 Å². The highest BCUT2D eigenvalue weighted by Crippen LogP contribution is 2.33. The van der Waals surface area contributed by atoms with Crippen LogP contribution in [0, 0.1) is 19.5 Å². The maximum absolute atomic E-state index is 12.2. The van der Waals surface area contributed by atoms with Crippen LogP contribution in [0.3, 0.4) is 0 Å². The monoisotopic (exact) mass is 601 g/mol. The fourth-order valence-electron chi connectivity index (χ4n) is 2.34. The van der Waals surface area contributed by atoms with Gasteiger partial charge in [-0.1, -0.05) is 24.1 Å². The number of ether oxygens (including phenoxy) is 1. The number of amides is 2. The first kappa shape index (κ1) is 20.2. The summed E-state index contributed by atoms with van der Waals surface area (Å²) in [5, 5.41) is -0.337. The molecule has 0 atom stereocenters. The molecule has 0 saturated carbocycles. The number of rotatable bonds is 5. The Morgan fingerprint density at radius 1 is 1.15 bits per heavy atom. The molecule has 1 aliphatic heterocycles. The number of hydrogen-bond donors (Lipinski definition) is 0. The average Bonchev–Trinajstić information content (AvgIpc) is 2.90. The van der Waals surface area contributed by atoms with Gasteiger partial charge in [-0.3, -0.25) is 14.5 Å². The molecule has 1 aliphatic rings. The van der Waals surface area contributed by atoms with Crippen molar-refractivity contribution in [2.75, 3.05) is 6.54 Å². The number of carbonyl (C=O) groups is 2. The number of imide groups is 1. The first-order valence-electron chi connectivity index (χ1n) is 7.83. The van der Waals surface area contributed by atoms with Gasteiger partial charge in [0.05, 0.1) is 15.0 Å². The van der Waals surface area contributed by atoms with E-state index in [-0.39, 0.29) is 17.7 Å². The number of thioether (sulfide) groups is 1. The Labute approximate surface area is 189 Å². The molecule has 27 heavy (non-hydrogen) atoms. The van der Waals surface area contributed by atoms with E-state index in [4.69, 9.17) is 11.2 Å². The summed E-state index contributed by atoms with van der Waals surface area (Å²) in [5.74, 6) is 2.75. The second kappa shape index (κ2) is 9.12. The molecule has 136 valence electrons. The Morgan fingerprint density at radius 2 is 1.89 bits per heavy atom. The van der Waals surface area contributed by atoms with Crippen molar-refractivity contribution >= 4 is 74.2 Å². The van der Waals surface area contributed by atoms with Gasteiger partial charge in [-0.15, -0.1) is 6.42 Å². The van der Waals surface area contributed by atoms with Crippen molar-refractivity contribution in [3.8, 4) is 18.1 Å². The molecule has 2 aromatic carbocycles. The van der Waals surface area contributed by atoms with Crippen LogP contribution in [0.2, 0.25) is 0 Å². The highest BCUT2D eigenvalue weighted by Gasteiger charge is 2.34. The zero-order valence-corrected chi connectivity index (χ0v) is 19.1. The zero-order valence-electron chi connectivity index (χ0n) is 13.9. The van der Waals surface area contributed by atoms with E-state index < -0.39 is 0 Å². The summed E-state index contributed by atoms with van der Waals surface area (Å²) >= 11 is 5.37. The molecule has 0 unspecified atom stereocenters. The summed E-state index contributed by atoms with van der Waals surface area (Å²) in [4.78, 5) is 25.5. The fraction of sp³-hybridized carbons (Fsp3) is 0.100. The van der Waals surface area contributed by atoms with Crippen LogP contribution >= 0.6 is 56.9 Å². The molecule has 0 bridgehead atoms. The predicted octanol–water partition coefficient (Wildman–Crippen LogP) is 5.14. The van der Waals surface area contributed by atoms with Crippen LogP contribution in [-0.2, 0) is 11.4 Å². The van der Waals surface area contributed by atoms with Crippen molar-refractivity contribution in [1.29, 1.82) is 0 Å². The molecule has 7 heteroatoms. The maximum atomic E-state index is 12.2. The summed E-state index contributed by atoms with van der Waals surface area (Å²) in [6.07, 6.45) is 6.91. The molecule has 1 heterocycles. The third kappa shape index (κ3) is 5.06. The Kier molecular flexibility index (Phi) is 6.83. The number of hydrogen-bond acceptors (Lipinski definition) is 4. The van der Waals surface area contributed by atoms with E-state index in [0.29, 0.717) is 11.5 Å². The smallest absolute Gasteiger partial charge is 0.294 e. The van der Waals surface area contributed by atoms with Crippen LogP contribution in [-0.4, -0.2) is 22.6 Å². The maximum Gasteiger partial charge on any atom is 0.294 e. The van der Waals surface area contributed by atoms with Crippen LogP contribution in [0.25, 0.3) is 6.08 Å². The number of nitrogens with zero attached hydrogens (tertiary/aromatic N) is 1. The lowest BCUT2D eigenvalue weighted by molar-refractivity contribution is -0.122. The molecule has 0 N–H and O–H groups in total. The number of terminal acetylenes is 1. The largest absolute Gasteiger partial charge is 0.488 e. The quantitative estimate of drug-likeness (QED) is 0.271. The normalized spacial score (nSPS) is 15.3. The Bertz CT molecular complexity index is 964. The van der Waals surface area contributed by atoms with Crippen LogP contribution in [0.15, 0.2) is 47.4 Å². The lowest BCUT2D eigenvalue weighted by Crippen LogP contribution is -2.28. The summed E-state index contributed by atoms with van der Waals surface area (Å²) in [7, 11) is 0. The van der Waals surface area contributed by atoms with Gasteiger partial charge in [0.15, 0.2) is 0 Å². The summed E-state index contributed by atoms with van der Waals surface area (Å²) in [5.41, 5.74) is 1.92. The van der Waals surface area contributed by atoms with Crippen LogP contribution in [0.1, 0.15) is 11.1 Å². The molecule has 3 rings (SSSR count). The standard InChI is InChI=1S/C20H13I2NO3S/c1-2-9-23-19(24)18(27-20(23)25)11-14-5-8-17(16(22)10-14)26-12-13-3-6-15(21)7-4-13/h1,3-8,10-11H,9,12H2/b18-11+. The third-order valence-electron chi connectivity index (χ3n) is 3.68. The van der Waals surface area contributed by atoms with E-state index in [9.17, 15) is 9.59 Å². The van der Waals surface area contributed by atoms with Crippen molar-refractivity contribution in [3.63, 3.8) is 0 Å². The van der Waals surface area contributed by atoms with Gasteiger partial charge in [-0.25, -0.2) is 0 Å².